The average Bonchev–Trinajstić information content (AvgIpc) is 2.82. The van der Waals surface area contributed by atoms with Crippen LogP contribution in [0.3, 0.4) is 0 Å². The Bertz CT molecular complexity index is 827. The predicted octanol–water partition coefficient (Wildman–Crippen LogP) is 2.23. The molecule has 0 spiro atoms. The lowest BCUT2D eigenvalue weighted by Crippen LogP contribution is -2.13. The molecule has 9 heteroatoms. The summed E-state index contributed by atoms with van der Waals surface area (Å²) in [6, 6.07) is 4.18. The van der Waals surface area contributed by atoms with E-state index in [0.29, 0.717) is 17.8 Å². The van der Waals surface area contributed by atoms with Gasteiger partial charge in [0.1, 0.15) is 4.90 Å². The van der Waals surface area contributed by atoms with Gasteiger partial charge in [0.05, 0.1) is 16.3 Å². The van der Waals surface area contributed by atoms with Crippen LogP contribution in [0.4, 0.5) is 11.4 Å². The lowest BCUT2D eigenvalue weighted by Gasteiger charge is -2.07. The first-order valence-electron chi connectivity index (χ1n) is 6.56. The zero-order valence-electron chi connectivity index (χ0n) is 12.4. The standard InChI is InChI=1S/C13H16N4O4S/c1-4-16-8-13(10(3)14-16)22(20,21)15-11-6-5-9(2)12(7-11)17(18)19/h5-8,15H,4H2,1-3H3. The third kappa shape index (κ3) is 3.08. The molecule has 8 nitrogen and oxygen atoms in total. The van der Waals surface area contributed by atoms with Crippen molar-refractivity contribution in [3.63, 3.8) is 0 Å². The maximum atomic E-state index is 12.4. The van der Waals surface area contributed by atoms with E-state index in [0.717, 1.165) is 0 Å². The molecule has 0 fully saturated rings. The molecule has 1 heterocycles. The Labute approximate surface area is 128 Å². The number of aromatic nitrogens is 2. The van der Waals surface area contributed by atoms with Crippen molar-refractivity contribution in [1.82, 2.24) is 9.78 Å². The highest BCUT2D eigenvalue weighted by Gasteiger charge is 2.21. The summed E-state index contributed by atoms with van der Waals surface area (Å²) in [6.45, 7) is 5.58. The van der Waals surface area contributed by atoms with Crippen LogP contribution in [0.2, 0.25) is 0 Å². The number of anilines is 1. The number of nitro benzene ring substituents is 1. The fourth-order valence-electron chi connectivity index (χ4n) is 2.01. The van der Waals surface area contributed by atoms with Gasteiger partial charge in [0, 0.05) is 24.4 Å². The van der Waals surface area contributed by atoms with Gasteiger partial charge >= 0.3 is 0 Å². The Hall–Kier alpha value is -2.42. The van der Waals surface area contributed by atoms with E-state index in [1.54, 1.807) is 13.8 Å². The number of nitrogens with one attached hydrogen (secondary N) is 1. The van der Waals surface area contributed by atoms with E-state index >= 15 is 0 Å². The molecule has 2 aromatic rings. The number of sulfonamides is 1. The van der Waals surface area contributed by atoms with Gasteiger partial charge in [0.15, 0.2) is 0 Å². The number of aryl methyl sites for hydroxylation is 3. The summed E-state index contributed by atoms with van der Waals surface area (Å²) in [7, 11) is -3.84. The Kier molecular flexibility index (Phi) is 4.18. The molecule has 22 heavy (non-hydrogen) atoms. The molecule has 0 aliphatic heterocycles. The van der Waals surface area contributed by atoms with E-state index in [4.69, 9.17) is 0 Å². The minimum absolute atomic E-state index is 0.0533. The van der Waals surface area contributed by atoms with Crippen molar-refractivity contribution in [2.75, 3.05) is 4.72 Å². The molecule has 0 bridgehead atoms. The summed E-state index contributed by atoms with van der Waals surface area (Å²) in [6.07, 6.45) is 1.43. The minimum atomic E-state index is -3.84. The Balaban J connectivity index is 2.38. The molecule has 1 aromatic heterocycles. The molecule has 0 atom stereocenters. The van der Waals surface area contributed by atoms with E-state index in [1.165, 1.54) is 29.1 Å². The average molecular weight is 324 g/mol. The van der Waals surface area contributed by atoms with Crippen molar-refractivity contribution in [3.8, 4) is 0 Å². The van der Waals surface area contributed by atoms with Gasteiger partial charge in [0.2, 0.25) is 0 Å². The first-order chi connectivity index (χ1) is 10.2. The number of nitro groups is 1. The summed E-state index contributed by atoms with van der Waals surface area (Å²) in [5.41, 5.74) is 0.834. The highest BCUT2D eigenvalue weighted by atomic mass is 32.2. The van der Waals surface area contributed by atoms with Crippen molar-refractivity contribution in [2.45, 2.75) is 32.2 Å². The van der Waals surface area contributed by atoms with Crippen LogP contribution in [-0.4, -0.2) is 23.1 Å². The molecule has 1 N–H and O–H groups in total. The van der Waals surface area contributed by atoms with Crippen molar-refractivity contribution >= 4 is 21.4 Å². The van der Waals surface area contributed by atoms with Gasteiger partial charge in [-0.15, -0.1) is 0 Å². The topological polar surface area (TPSA) is 107 Å². The van der Waals surface area contributed by atoms with Gasteiger partial charge in [-0.25, -0.2) is 8.42 Å². The van der Waals surface area contributed by atoms with Crippen LogP contribution >= 0.6 is 0 Å². The smallest absolute Gasteiger partial charge is 0.274 e. The van der Waals surface area contributed by atoms with Crippen LogP contribution < -0.4 is 4.72 Å². The molecule has 1 aromatic carbocycles. The van der Waals surface area contributed by atoms with Gasteiger partial charge in [-0.3, -0.25) is 19.5 Å². The molecule has 0 aliphatic rings. The van der Waals surface area contributed by atoms with Gasteiger partial charge in [-0.1, -0.05) is 6.07 Å². The first-order valence-corrected chi connectivity index (χ1v) is 8.05. The lowest BCUT2D eigenvalue weighted by molar-refractivity contribution is -0.385. The molecular formula is C13H16N4O4S. The number of rotatable bonds is 5. The zero-order chi connectivity index (χ0) is 16.5. The first kappa shape index (κ1) is 16.0. The van der Waals surface area contributed by atoms with Gasteiger partial charge in [-0.05, 0) is 26.8 Å². The van der Waals surface area contributed by atoms with Crippen LogP contribution in [0.1, 0.15) is 18.2 Å². The van der Waals surface area contributed by atoms with Crippen molar-refractivity contribution in [2.24, 2.45) is 0 Å². The van der Waals surface area contributed by atoms with Crippen molar-refractivity contribution < 1.29 is 13.3 Å². The second kappa shape index (κ2) is 5.76. The van der Waals surface area contributed by atoms with Crippen molar-refractivity contribution in [1.29, 1.82) is 0 Å². The van der Waals surface area contributed by atoms with Crippen LogP contribution in [0, 0.1) is 24.0 Å². The molecule has 2 rings (SSSR count). The zero-order valence-corrected chi connectivity index (χ0v) is 13.2. The molecular weight excluding hydrogens is 308 g/mol. The maximum absolute atomic E-state index is 12.4. The van der Waals surface area contributed by atoms with Crippen LogP contribution in [0.15, 0.2) is 29.3 Å². The van der Waals surface area contributed by atoms with E-state index < -0.39 is 14.9 Å². The Morgan fingerprint density at radius 3 is 2.59 bits per heavy atom. The Morgan fingerprint density at radius 1 is 1.36 bits per heavy atom. The van der Waals surface area contributed by atoms with E-state index in [-0.39, 0.29) is 16.3 Å². The van der Waals surface area contributed by atoms with Crippen LogP contribution in [0.5, 0.6) is 0 Å². The Morgan fingerprint density at radius 2 is 2.05 bits per heavy atom. The van der Waals surface area contributed by atoms with E-state index in [1.807, 2.05) is 6.92 Å². The van der Waals surface area contributed by atoms with E-state index in [2.05, 4.69) is 9.82 Å². The summed E-state index contributed by atoms with van der Waals surface area (Å²) >= 11 is 0. The third-order valence-corrected chi connectivity index (χ3v) is 4.66. The quantitative estimate of drug-likeness (QED) is 0.670. The number of hydrogen-bond acceptors (Lipinski definition) is 5. The summed E-state index contributed by atoms with van der Waals surface area (Å²) in [4.78, 5) is 10.4. The molecule has 0 radical (unpaired) electrons. The lowest BCUT2D eigenvalue weighted by atomic mass is 10.2. The molecule has 0 aliphatic carbocycles. The molecule has 0 saturated heterocycles. The highest BCUT2D eigenvalue weighted by Crippen LogP contribution is 2.25. The largest absolute Gasteiger partial charge is 0.279 e. The monoisotopic (exact) mass is 324 g/mol. The molecule has 0 unspecified atom stereocenters. The number of benzene rings is 1. The molecule has 0 amide bonds. The second-order valence-electron chi connectivity index (χ2n) is 4.80. The summed E-state index contributed by atoms with van der Waals surface area (Å²) < 4.78 is 28.6. The number of nitrogens with zero attached hydrogens (tertiary/aromatic N) is 3. The third-order valence-electron chi connectivity index (χ3n) is 3.17. The second-order valence-corrected chi connectivity index (χ2v) is 6.45. The highest BCUT2D eigenvalue weighted by molar-refractivity contribution is 7.92. The van der Waals surface area contributed by atoms with Gasteiger partial charge < -0.3 is 0 Å². The summed E-state index contributed by atoms with van der Waals surface area (Å²) in [5.74, 6) is 0. The van der Waals surface area contributed by atoms with Crippen LogP contribution in [0.25, 0.3) is 0 Å². The molecule has 0 saturated carbocycles. The SMILES string of the molecule is CCn1cc(S(=O)(=O)Nc2ccc(C)c([N+](=O)[O-])c2)c(C)n1. The van der Waals surface area contributed by atoms with Crippen LogP contribution in [-0.2, 0) is 16.6 Å². The van der Waals surface area contributed by atoms with E-state index in [9.17, 15) is 18.5 Å². The van der Waals surface area contributed by atoms with Gasteiger partial charge in [-0.2, -0.15) is 5.10 Å². The fourth-order valence-corrected chi connectivity index (χ4v) is 3.24. The molecule has 118 valence electrons. The number of hydrogen-bond donors (Lipinski definition) is 1. The normalized spacial score (nSPS) is 11.4. The van der Waals surface area contributed by atoms with Gasteiger partial charge in [0.25, 0.3) is 15.7 Å². The van der Waals surface area contributed by atoms with Crippen molar-refractivity contribution in [3.05, 3.63) is 45.8 Å². The minimum Gasteiger partial charge on any atom is -0.279 e. The predicted molar refractivity (Wildman–Crippen MR) is 81.3 cm³/mol. The summed E-state index contributed by atoms with van der Waals surface area (Å²) in [5, 5.41) is 15.0. The fraction of sp³-hybridized carbons (Fsp3) is 0.308. The maximum Gasteiger partial charge on any atom is 0.274 e.